The Morgan fingerprint density at radius 1 is 1.16 bits per heavy atom. The van der Waals surface area contributed by atoms with Crippen molar-refractivity contribution in [2.75, 3.05) is 0 Å². The summed E-state index contributed by atoms with van der Waals surface area (Å²) in [6.45, 7) is 9.56. The van der Waals surface area contributed by atoms with Gasteiger partial charge in [0.2, 0.25) is 0 Å². The van der Waals surface area contributed by atoms with E-state index in [0.717, 1.165) is 35.6 Å². The van der Waals surface area contributed by atoms with Crippen molar-refractivity contribution in [3.63, 3.8) is 0 Å². The van der Waals surface area contributed by atoms with Gasteiger partial charge in [-0.3, -0.25) is 4.79 Å². The van der Waals surface area contributed by atoms with Gasteiger partial charge < -0.3 is 4.74 Å². The topological polar surface area (TPSA) is 80.8 Å². The van der Waals surface area contributed by atoms with Crippen LogP contribution < -0.4 is 0 Å². The summed E-state index contributed by atoms with van der Waals surface area (Å²) in [6, 6.07) is 5.42. The number of Topliss-reactive ketones (excluding diaryl/α,β-unsaturated/α-hetero) is 1. The number of rotatable bonds is 13. The summed E-state index contributed by atoms with van der Waals surface area (Å²) in [5.74, 6) is -0.335. The van der Waals surface area contributed by atoms with Crippen LogP contribution in [0.1, 0.15) is 70.8 Å². The van der Waals surface area contributed by atoms with Gasteiger partial charge in [-0.25, -0.2) is 13.2 Å². The van der Waals surface area contributed by atoms with Crippen molar-refractivity contribution in [3.8, 4) is 0 Å². The maximum atomic E-state index is 13.3. The Bertz CT molecular complexity index is 862. The van der Waals surface area contributed by atoms with E-state index in [1.54, 1.807) is 25.1 Å². The first-order valence-corrected chi connectivity index (χ1v) is 12.6. The summed E-state index contributed by atoms with van der Waals surface area (Å²) in [5.41, 5.74) is 0.909. The highest BCUT2D eigenvalue weighted by Crippen LogP contribution is 2.33. The Hall–Kier alpha value is -2.15. The Kier molecular flexibility index (Phi) is 9.29. The third kappa shape index (κ3) is 6.42. The SMILES string of the molecule is C=C[C@@H](C)[C@@H]1OC(=O)N(S(=O)(=O)c2ccc(C)cc2)[C@H]1CC(=O)CCCCCCCC. The Morgan fingerprint density at radius 3 is 2.39 bits per heavy atom. The minimum absolute atomic E-state index is 0.00956. The molecule has 1 heterocycles. The molecule has 0 unspecified atom stereocenters. The molecule has 0 aliphatic carbocycles. The van der Waals surface area contributed by atoms with Crippen LogP contribution >= 0.6 is 0 Å². The van der Waals surface area contributed by atoms with E-state index in [-0.39, 0.29) is 23.0 Å². The Labute approximate surface area is 186 Å². The third-order valence-corrected chi connectivity index (χ3v) is 7.62. The van der Waals surface area contributed by atoms with Gasteiger partial charge in [0.1, 0.15) is 11.9 Å². The normalized spacial score (nSPS) is 19.8. The zero-order valence-electron chi connectivity index (χ0n) is 18.9. The second-order valence-corrected chi connectivity index (χ2v) is 10.2. The fourth-order valence-electron chi connectivity index (χ4n) is 3.84. The van der Waals surface area contributed by atoms with Crippen molar-refractivity contribution in [2.24, 2.45) is 5.92 Å². The van der Waals surface area contributed by atoms with Gasteiger partial charge in [0, 0.05) is 18.8 Å². The van der Waals surface area contributed by atoms with Gasteiger partial charge in [-0.05, 0) is 25.5 Å². The number of sulfonamides is 1. The zero-order chi connectivity index (χ0) is 23.0. The fraction of sp³-hybridized carbons (Fsp3) is 0.583. The number of cyclic esters (lactones) is 1. The first kappa shape index (κ1) is 25.1. The number of amides is 1. The van der Waals surface area contributed by atoms with Crippen LogP contribution in [0.15, 0.2) is 41.8 Å². The minimum Gasteiger partial charge on any atom is -0.442 e. The van der Waals surface area contributed by atoms with Crippen LogP contribution in [0, 0.1) is 12.8 Å². The second-order valence-electron chi connectivity index (χ2n) is 8.39. The molecular weight excluding hydrogens is 414 g/mol. The van der Waals surface area contributed by atoms with Gasteiger partial charge in [-0.1, -0.05) is 69.7 Å². The molecule has 1 saturated heterocycles. The second kappa shape index (κ2) is 11.5. The molecule has 1 aromatic carbocycles. The molecule has 0 radical (unpaired) electrons. The van der Waals surface area contributed by atoms with Crippen LogP contribution in [0.25, 0.3) is 0 Å². The molecule has 1 aromatic rings. The van der Waals surface area contributed by atoms with E-state index in [1.165, 1.54) is 25.0 Å². The number of ether oxygens (including phenoxy) is 1. The summed E-state index contributed by atoms with van der Waals surface area (Å²) < 4.78 is 32.7. The van der Waals surface area contributed by atoms with Gasteiger partial charge in [-0.2, -0.15) is 4.31 Å². The molecule has 2 rings (SSSR count). The maximum Gasteiger partial charge on any atom is 0.424 e. The summed E-state index contributed by atoms with van der Waals surface area (Å²) >= 11 is 0. The van der Waals surface area contributed by atoms with Crippen LogP contribution in [-0.2, 0) is 19.6 Å². The van der Waals surface area contributed by atoms with Gasteiger partial charge in [-0.15, -0.1) is 6.58 Å². The lowest BCUT2D eigenvalue weighted by Crippen LogP contribution is -2.43. The van der Waals surface area contributed by atoms with Crippen molar-refractivity contribution in [1.82, 2.24) is 4.31 Å². The van der Waals surface area contributed by atoms with Gasteiger partial charge in [0.15, 0.2) is 0 Å². The number of unbranched alkanes of at least 4 members (excludes halogenated alkanes) is 5. The van der Waals surface area contributed by atoms with E-state index in [0.29, 0.717) is 6.42 Å². The van der Waals surface area contributed by atoms with E-state index in [2.05, 4.69) is 13.5 Å². The molecular formula is C24H35NO5S. The lowest BCUT2D eigenvalue weighted by atomic mass is 9.93. The first-order chi connectivity index (χ1) is 14.7. The number of nitrogens with zero attached hydrogens (tertiary/aromatic N) is 1. The molecule has 0 saturated carbocycles. The average Bonchev–Trinajstić information content (AvgIpc) is 3.06. The van der Waals surface area contributed by atoms with Crippen LogP contribution in [0.5, 0.6) is 0 Å². The number of hydrogen-bond donors (Lipinski definition) is 0. The quantitative estimate of drug-likeness (QED) is 0.297. The van der Waals surface area contributed by atoms with E-state index < -0.39 is 28.3 Å². The van der Waals surface area contributed by atoms with Crippen molar-refractivity contribution in [1.29, 1.82) is 0 Å². The molecule has 7 heteroatoms. The largest absolute Gasteiger partial charge is 0.442 e. The molecule has 0 aromatic heterocycles. The van der Waals surface area contributed by atoms with Crippen molar-refractivity contribution in [3.05, 3.63) is 42.5 Å². The molecule has 0 N–H and O–H groups in total. The first-order valence-electron chi connectivity index (χ1n) is 11.2. The molecule has 6 nitrogen and oxygen atoms in total. The zero-order valence-corrected chi connectivity index (χ0v) is 19.7. The molecule has 0 bridgehead atoms. The molecule has 1 fully saturated rings. The third-order valence-electron chi connectivity index (χ3n) is 5.81. The van der Waals surface area contributed by atoms with Gasteiger partial charge in [0.05, 0.1) is 10.9 Å². The maximum absolute atomic E-state index is 13.3. The van der Waals surface area contributed by atoms with Crippen LogP contribution in [-0.4, -0.2) is 36.7 Å². The summed E-state index contributed by atoms with van der Waals surface area (Å²) in [5, 5.41) is 0. The Balaban J connectivity index is 2.17. The minimum atomic E-state index is -4.14. The number of carbonyl (C=O) groups excluding carboxylic acids is 2. The number of hydrogen-bond acceptors (Lipinski definition) is 5. The predicted octanol–water partition coefficient (Wildman–Crippen LogP) is 5.41. The van der Waals surface area contributed by atoms with E-state index in [4.69, 9.17) is 4.74 Å². The van der Waals surface area contributed by atoms with E-state index in [1.807, 2.05) is 6.92 Å². The standard InChI is InChI=1S/C24H35NO5S/c1-5-7-8-9-10-11-12-20(26)17-22-23(19(4)6-2)30-24(27)25(22)31(28,29)21-15-13-18(3)14-16-21/h6,13-16,19,22-23H,2,5,7-12,17H2,1,3-4H3/t19-,22+,23+/m1/s1. The number of benzene rings is 1. The number of aryl methyl sites for hydroxylation is 1. The van der Waals surface area contributed by atoms with Crippen molar-refractivity contribution in [2.45, 2.75) is 89.2 Å². The summed E-state index contributed by atoms with van der Waals surface area (Å²) in [4.78, 5) is 25.3. The van der Waals surface area contributed by atoms with Crippen LogP contribution in [0.4, 0.5) is 4.79 Å². The highest BCUT2D eigenvalue weighted by atomic mass is 32.2. The molecule has 1 amide bonds. The highest BCUT2D eigenvalue weighted by molar-refractivity contribution is 7.89. The molecule has 1 aliphatic rings. The lowest BCUT2D eigenvalue weighted by molar-refractivity contribution is -0.120. The Morgan fingerprint density at radius 2 is 1.77 bits per heavy atom. The summed E-state index contributed by atoms with van der Waals surface area (Å²) in [7, 11) is -4.14. The summed E-state index contributed by atoms with van der Waals surface area (Å²) in [6.07, 6.45) is 6.65. The number of carbonyl (C=O) groups is 2. The van der Waals surface area contributed by atoms with Crippen LogP contribution in [0.2, 0.25) is 0 Å². The van der Waals surface area contributed by atoms with E-state index >= 15 is 0 Å². The lowest BCUT2D eigenvalue weighted by Gasteiger charge is -2.25. The monoisotopic (exact) mass is 449 g/mol. The highest BCUT2D eigenvalue weighted by Gasteiger charge is 2.50. The molecule has 0 spiro atoms. The van der Waals surface area contributed by atoms with E-state index in [9.17, 15) is 18.0 Å². The van der Waals surface area contributed by atoms with Gasteiger partial charge >= 0.3 is 6.09 Å². The molecule has 172 valence electrons. The smallest absolute Gasteiger partial charge is 0.424 e. The predicted molar refractivity (Wildman–Crippen MR) is 121 cm³/mol. The van der Waals surface area contributed by atoms with Crippen LogP contribution in [0.3, 0.4) is 0 Å². The van der Waals surface area contributed by atoms with Gasteiger partial charge in [0.25, 0.3) is 10.0 Å². The average molecular weight is 450 g/mol. The molecule has 31 heavy (non-hydrogen) atoms. The molecule has 3 atom stereocenters. The number of ketones is 1. The van der Waals surface area contributed by atoms with Crippen molar-refractivity contribution >= 4 is 21.9 Å². The van der Waals surface area contributed by atoms with Crippen molar-refractivity contribution < 1.29 is 22.7 Å². The molecule has 1 aliphatic heterocycles. The fourth-order valence-corrected chi connectivity index (χ4v) is 5.34.